The van der Waals surface area contributed by atoms with Gasteiger partial charge < -0.3 is 24.6 Å². The molecule has 1 aromatic carbocycles. The Morgan fingerprint density at radius 1 is 1.00 bits per heavy atom. The predicted molar refractivity (Wildman–Crippen MR) is 105 cm³/mol. The molecule has 1 heterocycles. The fraction of sp³-hybridized carbons (Fsp3) is 0.550. The Bertz CT molecular complexity index is 689. The number of urea groups is 1. The van der Waals surface area contributed by atoms with E-state index in [1.54, 1.807) is 34.1 Å². The lowest BCUT2D eigenvalue weighted by atomic mass is 10.2. The third-order valence-electron chi connectivity index (χ3n) is 4.03. The fourth-order valence-corrected chi connectivity index (χ4v) is 2.59. The number of carbonyl (C=O) groups excluding carboxylic acids is 3. The van der Waals surface area contributed by atoms with E-state index in [9.17, 15) is 14.4 Å². The summed E-state index contributed by atoms with van der Waals surface area (Å²) in [5.41, 5.74) is 0.491. The average Bonchev–Trinajstić information content (AvgIpc) is 2.65. The van der Waals surface area contributed by atoms with Gasteiger partial charge in [-0.05, 0) is 51.5 Å². The summed E-state index contributed by atoms with van der Waals surface area (Å²) in [7, 11) is 0. The van der Waals surface area contributed by atoms with Gasteiger partial charge in [0.15, 0.2) is 0 Å². The largest absolute Gasteiger partial charge is 0.462 e. The van der Waals surface area contributed by atoms with Crippen LogP contribution in [-0.4, -0.2) is 66.3 Å². The Labute approximate surface area is 165 Å². The molecule has 1 fully saturated rings. The van der Waals surface area contributed by atoms with Crippen LogP contribution in [0, 0.1) is 0 Å². The van der Waals surface area contributed by atoms with Crippen molar-refractivity contribution in [1.29, 1.82) is 0 Å². The molecule has 0 radical (unpaired) electrons. The molecule has 2 rings (SSSR count). The predicted octanol–water partition coefficient (Wildman–Crippen LogP) is 3.34. The van der Waals surface area contributed by atoms with Crippen LogP contribution in [-0.2, 0) is 9.47 Å². The first kappa shape index (κ1) is 21.5. The molecule has 1 aliphatic rings. The van der Waals surface area contributed by atoms with Crippen LogP contribution in [0.4, 0.5) is 15.3 Å². The Kier molecular flexibility index (Phi) is 7.25. The highest BCUT2D eigenvalue weighted by atomic mass is 16.6. The van der Waals surface area contributed by atoms with Crippen LogP contribution < -0.4 is 5.32 Å². The number of benzene rings is 1. The normalized spacial score (nSPS) is 14.4. The van der Waals surface area contributed by atoms with Gasteiger partial charge in [0, 0.05) is 31.9 Å². The highest BCUT2D eigenvalue weighted by Gasteiger charge is 2.27. The van der Waals surface area contributed by atoms with Crippen LogP contribution in [0.25, 0.3) is 0 Å². The molecule has 1 saturated heterocycles. The van der Waals surface area contributed by atoms with Crippen LogP contribution >= 0.6 is 0 Å². The molecular formula is C20H29N3O5. The monoisotopic (exact) mass is 391 g/mol. The molecule has 0 saturated carbocycles. The minimum atomic E-state index is -0.541. The van der Waals surface area contributed by atoms with E-state index in [1.807, 2.05) is 27.7 Å². The SMILES string of the molecule is CCCOC(=O)c1ccc(NC(=O)N2CCN(C(=O)OC(C)(C)C)CC2)cc1. The van der Waals surface area contributed by atoms with Gasteiger partial charge in [0.2, 0.25) is 0 Å². The van der Waals surface area contributed by atoms with Gasteiger partial charge in [0.05, 0.1) is 12.2 Å². The lowest BCUT2D eigenvalue weighted by Crippen LogP contribution is -2.52. The zero-order valence-electron chi connectivity index (χ0n) is 17.0. The standard InChI is InChI=1S/C20H29N3O5/c1-5-14-27-17(24)15-6-8-16(9-7-15)21-18(25)22-10-12-23(13-11-22)19(26)28-20(2,3)4/h6-9H,5,10-14H2,1-4H3,(H,21,25). The molecule has 8 nitrogen and oxygen atoms in total. The van der Waals surface area contributed by atoms with E-state index in [0.717, 1.165) is 6.42 Å². The Morgan fingerprint density at radius 2 is 1.57 bits per heavy atom. The summed E-state index contributed by atoms with van der Waals surface area (Å²) in [4.78, 5) is 39.5. The number of hydrogen-bond donors (Lipinski definition) is 1. The quantitative estimate of drug-likeness (QED) is 0.796. The molecule has 3 amide bonds. The van der Waals surface area contributed by atoms with Crippen molar-refractivity contribution in [2.75, 3.05) is 38.1 Å². The topological polar surface area (TPSA) is 88.2 Å². The van der Waals surface area contributed by atoms with Gasteiger partial charge in [-0.15, -0.1) is 0 Å². The van der Waals surface area contributed by atoms with Gasteiger partial charge in [0.25, 0.3) is 0 Å². The van der Waals surface area contributed by atoms with Gasteiger partial charge in [-0.1, -0.05) is 6.92 Å². The number of anilines is 1. The number of esters is 1. The van der Waals surface area contributed by atoms with Gasteiger partial charge in [-0.2, -0.15) is 0 Å². The maximum absolute atomic E-state index is 12.4. The highest BCUT2D eigenvalue weighted by Crippen LogP contribution is 2.14. The van der Waals surface area contributed by atoms with Crippen molar-refractivity contribution >= 4 is 23.8 Å². The van der Waals surface area contributed by atoms with Gasteiger partial charge >= 0.3 is 18.1 Å². The fourth-order valence-electron chi connectivity index (χ4n) is 2.59. The third-order valence-corrected chi connectivity index (χ3v) is 4.03. The van der Waals surface area contributed by atoms with Crippen molar-refractivity contribution in [2.45, 2.75) is 39.7 Å². The van der Waals surface area contributed by atoms with E-state index in [1.165, 1.54) is 0 Å². The van der Waals surface area contributed by atoms with Crippen LogP contribution in [0.1, 0.15) is 44.5 Å². The number of ether oxygens (including phenoxy) is 2. The average molecular weight is 391 g/mol. The molecule has 1 aromatic rings. The summed E-state index contributed by atoms with van der Waals surface area (Å²) >= 11 is 0. The zero-order chi connectivity index (χ0) is 20.7. The smallest absolute Gasteiger partial charge is 0.410 e. The first-order valence-corrected chi connectivity index (χ1v) is 9.50. The maximum atomic E-state index is 12.4. The van der Waals surface area contributed by atoms with Crippen molar-refractivity contribution < 1.29 is 23.9 Å². The summed E-state index contributed by atoms with van der Waals surface area (Å²) < 4.78 is 10.4. The van der Waals surface area contributed by atoms with Crippen LogP contribution in [0.15, 0.2) is 24.3 Å². The first-order chi connectivity index (χ1) is 13.2. The van der Waals surface area contributed by atoms with Crippen molar-refractivity contribution in [3.8, 4) is 0 Å². The minimum absolute atomic E-state index is 0.245. The summed E-state index contributed by atoms with van der Waals surface area (Å²) in [6.45, 7) is 9.47. The van der Waals surface area contributed by atoms with E-state index < -0.39 is 5.60 Å². The summed E-state index contributed by atoms with van der Waals surface area (Å²) in [5.74, 6) is -0.377. The highest BCUT2D eigenvalue weighted by molar-refractivity contribution is 5.92. The number of carbonyl (C=O) groups is 3. The lowest BCUT2D eigenvalue weighted by molar-refractivity contribution is 0.0174. The summed E-state index contributed by atoms with van der Waals surface area (Å²) in [6.07, 6.45) is 0.402. The molecule has 154 valence electrons. The second-order valence-electron chi connectivity index (χ2n) is 7.60. The number of piperazine rings is 1. The Balaban J connectivity index is 1.82. The van der Waals surface area contributed by atoms with E-state index in [0.29, 0.717) is 44.0 Å². The Hall–Kier alpha value is -2.77. The molecule has 28 heavy (non-hydrogen) atoms. The van der Waals surface area contributed by atoms with Crippen molar-refractivity contribution in [3.63, 3.8) is 0 Å². The summed E-state index contributed by atoms with van der Waals surface area (Å²) in [6, 6.07) is 6.32. The molecular weight excluding hydrogens is 362 g/mol. The lowest BCUT2D eigenvalue weighted by Gasteiger charge is -2.35. The van der Waals surface area contributed by atoms with Crippen LogP contribution in [0.5, 0.6) is 0 Å². The number of nitrogens with one attached hydrogen (secondary N) is 1. The Morgan fingerprint density at radius 3 is 2.11 bits per heavy atom. The summed E-state index contributed by atoms with van der Waals surface area (Å²) in [5, 5.41) is 2.80. The molecule has 0 aromatic heterocycles. The van der Waals surface area contributed by atoms with Crippen molar-refractivity contribution in [2.24, 2.45) is 0 Å². The van der Waals surface area contributed by atoms with Crippen LogP contribution in [0.3, 0.4) is 0 Å². The molecule has 0 atom stereocenters. The minimum Gasteiger partial charge on any atom is -0.462 e. The molecule has 1 N–H and O–H groups in total. The molecule has 8 heteroatoms. The van der Waals surface area contributed by atoms with E-state index in [4.69, 9.17) is 9.47 Å². The van der Waals surface area contributed by atoms with Crippen molar-refractivity contribution in [1.82, 2.24) is 9.80 Å². The van der Waals surface area contributed by atoms with E-state index >= 15 is 0 Å². The number of nitrogens with zero attached hydrogens (tertiary/aromatic N) is 2. The maximum Gasteiger partial charge on any atom is 0.410 e. The number of rotatable bonds is 4. The van der Waals surface area contributed by atoms with Gasteiger partial charge in [0.1, 0.15) is 5.60 Å². The molecule has 0 bridgehead atoms. The van der Waals surface area contributed by atoms with Gasteiger partial charge in [-0.25, -0.2) is 14.4 Å². The third kappa shape index (κ3) is 6.44. The number of amides is 3. The molecule has 0 spiro atoms. The number of hydrogen-bond acceptors (Lipinski definition) is 5. The van der Waals surface area contributed by atoms with Gasteiger partial charge in [-0.3, -0.25) is 0 Å². The van der Waals surface area contributed by atoms with E-state index in [2.05, 4.69) is 5.32 Å². The zero-order valence-corrected chi connectivity index (χ0v) is 17.0. The van der Waals surface area contributed by atoms with E-state index in [-0.39, 0.29) is 18.1 Å². The molecule has 0 aliphatic carbocycles. The molecule has 1 aliphatic heterocycles. The second kappa shape index (κ2) is 9.43. The van der Waals surface area contributed by atoms with Crippen LogP contribution in [0.2, 0.25) is 0 Å². The first-order valence-electron chi connectivity index (χ1n) is 9.50. The second-order valence-corrected chi connectivity index (χ2v) is 7.60. The molecule has 0 unspecified atom stereocenters. The van der Waals surface area contributed by atoms with Crippen molar-refractivity contribution in [3.05, 3.63) is 29.8 Å².